The first-order chi connectivity index (χ1) is 8.11. The van der Waals surface area contributed by atoms with Crippen LogP contribution in [-0.2, 0) is 0 Å². The quantitative estimate of drug-likeness (QED) is 0.822. The predicted octanol–water partition coefficient (Wildman–Crippen LogP) is 2.79. The normalized spacial score (nSPS) is 10.3. The maximum Gasteiger partial charge on any atom is 0.254 e. The Balaban J connectivity index is 2.96. The molecule has 0 saturated carbocycles. The van der Waals surface area contributed by atoms with E-state index in [1.807, 2.05) is 6.92 Å². The summed E-state index contributed by atoms with van der Waals surface area (Å²) < 4.78 is 0. The van der Waals surface area contributed by atoms with E-state index in [1.54, 1.807) is 30.0 Å². The van der Waals surface area contributed by atoms with E-state index in [0.717, 1.165) is 6.42 Å². The lowest BCUT2D eigenvalue weighted by Gasteiger charge is -2.22. The van der Waals surface area contributed by atoms with Crippen LogP contribution in [0.3, 0.4) is 0 Å². The molecule has 1 aromatic rings. The fourth-order valence-corrected chi connectivity index (χ4v) is 1.92. The fraction of sp³-hybridized carbons (Fsp3) is 0.462. The molecule has 0 aromatic heterocycles. The molecule has 1 N–H and O–H groups in total. The summed E-state index contributed by atoms with van der Waals surface area (Å²) in [4.78, 5) is 14.0. The topological polar surface area (TPSA) is 40.5 Å². The Morgan fingerprint density at radius 2 is 2.12 bits per heavy atom. The number of phenolic OH excluding ortho intramolecular Hbond substituents is 1. The highest BCUT2D eigenvalue weighted by Gasteiger charge is 2.17. The van der Waals surface area contributed by atoms with Crippen LogP contribution in [0.2, 0.25) is 0 Å². The van der Waals surface area contributed by atoms with E-state index in [1.165, 1.54) is 0 Å². The van der Waals surface area contributed by atoms with Crippen molar-refractivity contribution >= 4 is 17.5 Å². The van der Waals surface area contributed by atoms with Crippen LogP contribution in [-0.4, -0.2) is 34.9 Å². The molecule has 17 heavy (non-hydrogen) atoms. The standard InChI is InChI=1S/C13H18ClNO2/c1-3-8-15(9-7-14)13(17)11-5-4-6-12(16)10(11)2/h4-6,16H,3,7-9H2,1-2H3. The summed E-state index contributed by atoms with van der Waals surface area (Å²) in [5.74, 6) is 0.503. The van der Waals surface area contributed by atoms with Crippen LogP contribution in [0.1, 0.15) is 29.3 Å². The minimum atomic E-state index is -0.0686. The molecule has 94 valence electrons. The van der Waals surface area contributed by atoms with Crippen molar-refractivity contribution in [2.75, 3.05) is 19.0 Å². The van der Waals surface area contributed by atoms with Crippen LogP contribution >= 0.6 is 11.6 Å². The Morgan fingerprint density at radius 3 is 2.71 bits per heavy atom. The summed E-state index contributed by atoms with van der Waals surface area (Å²) in [5, 5.41) is 9.59. The van der Waals surface area contributed by atoms with E-state index in [9.17, 15) is 9.90 Å². The second-order valence-corrected chi connectivity index (χ2v) is 4.31. The van der Waals surface area contributed by atoms with Crippen molar-refractivity contribution < 1.29 is 9.90 Å². The number of halogens is 1. The minimum Gasteiger partial charge on any atom is -0.508 e. The molecule has 0 radical (unpaired) electrons. The number of alkyl halides is 1. The number of carbonyl (C=O) groups is 1. The molecule has 0 heterocycles. The zero-order valence-electron chi connectivity index (χ0n) is 10.2. The van der Waals surface area contributed by atoms with Crippen molar-refractivity contribution in [1.82, 2.24) is 4.90 Å². The number of hydrogen-bond donors (Lipinski definition) is 1. The highest BCUT2D eigenvalue weighted by molar-refractivity contribution is 6.18. The Bertz CT molecular complexity index is 387. The summed E-state index contributed by atoms with van der Waals surface area (Å²) >= 11 is 5.69. The number of nitrogens with zero attached hydrogens (tertiary/aromatic N) is 1. The van der Waals surface area contributed by atoms with Crippen LogP contribution in [0, 0.1) is 6.92 Å². The predicted molar refractivity (Wildman–Crippen MR) is 69.8 cm³/mol. The van der Waals surface area contributed by atoms with Crippen LogP contribution in [0.15, 0.2) is 18.2 Å². The van der Waals surface area contributed by atoms with Gasteiger partial charge in [0, 0.05) is 30.1 Å². The van der Waals surface area contributed by atoms with Crippen molar-refractivity contribution in [3.63, 3.8) is 0 Å². The molecule has 0 bridgehead atoms. The lowest BCUT2D eigenvalue weighted by Crippen LogP contribution is -2.33. The molecule has 0 spiro atoms. The zero-order valence-corrected chi connectivity index (χ0v) is 11.0. The third-order valence-corrected chi connectivity index (χ3v) is 2.84. The van der Waals surface area contributed by atoms with Crippen molar-refractivity contribution in [2.45, 2.75) is 20.3 Å². The van der Waals surface area contributed by atoms with Gasteiger partial charge in [-0.15, -0.1) is 11.6 Å². The van der Waals surface area contributed by atoms with Gasteiger partial charge in [0.05, 0.1) is 0 Å². The SMILES string of the molecule is CCCN(CCCl)C(=O)c1cccc(O)c1C. The summed E-state index contributed by atoms with van der Waals surface area (Å²) in [5.41, 5.74) is 1.16. The van der Waals surface area contributed by atoms with E-state index in [2.05, 4.69) is 0 Å². The van der Waals surface area contributed by atoms with Crippen molar-refractivity contribution in [1.29, 1.82) is 0 Å². The van der Waals surface area contributed by atoms with Crippen LogP contribution in [0.4, 0.5) is 0 Å². The molecule has 0 aliphatic heterocycles. The smallest absolute Gasteiger partial charge is 0.254 e. The second kappa shape index (κ2) is 6.50. The summed E-state index contributed by atoms with van der Waals surface area (Å²) in [6, 6.07) is 4.99. The van der Waals surface area contributed by atoms with Crippen LogP contribution in [0.25, 0.3) is 0 Å². The van der Waals surface area contributed by atoms with Gasteiger partial charge in [0.1, 0.15) is 5.75 Å². The fourth-order valence-electron chi connectivity index (χ4n) is 1.71. The summed E-state index contributed by atoms with van der Waals surface area (Å²) in [6.45, 7) is 4.97. The van der Waals surface area contributed by atoms with E-state index in [4.69, 9.17) is 11.6 Å². The van der Waals surface area contributed by atoms with E-state index in [0.29, 0.717) is 30.1 Å². The average molecular weight is 256 g/mol. The Kier molecular flexibility index (Phi) is 5.29. The number of aromatic hydroxyl groups is 1. The molecule has 0 atom stereocenters. The highest BCUT2D eigenvalue weighted by atomic mass is 35.5. The molecule has 4 heteroatoms. The molecule has 0 unspecified atom stereocenters. The van der Waals surface area contributed by atoms with E-state index in [-0.39, 0.29) is 11.7 Å². The second-order valence-electron chi connectivity index (χ2n) is 3.93. The number of amides is 1. The number of hydrogen-bond acceptors (Lipinski definition) is 2. The van der Waals surface area contributed by atoms with Gasteiger partial charge in [-0.25, -0.2) is 0 Å². The van der Waals surface area contributed by atoms with Gasteiger partial charge >= 0.3 is 0 Å². The van der Waals surface area contributed by atoms with Crippen molar-refractivity contribution in [3.8, 4) is 5.75 Å². The number of carbonyl (C=O) groups excluding carboxylic acids is 1. The van der Waals surface area contributed by atoms with Crippen LogP contribution < -0.4 is 0 Å². The third kappa shape index (κ3) is 3.37. The third-order valence-electron chi connectivity index (χ3n) is 2.67. The molecule has 0 saturated heterocycles. The monoisotopic (exact) mass is 255 g/mol. The van der Waals surface area contributed by atoms with Gasteiger partial charge in [0.2, 0.25) is 0 Å². The lowest BCUT2D eigenvalue weighted by atomic mass is 10.1. The zero-order chi connectivity index (χ0) is 12.8. The maximum atomic E-state index is 12.3. The molecule has 0 aliphatic rings. The first-order valence-electron chi connectivity index (χ1n) is 5.75. The Hall–Kier alpha value is -1.22. The first kappa shape index (κ1) is 13.8. The van der Waals surface area contributed by atoms with Gasteiger partial charge in [-0.1, -0.05) is 13.0 Å². The number of phenols is 1. The molecule has 0 fully saturated rings. The van der Waals surface area contributed by atoms with Gasteiger partial charge in [-0.2, -0.15) is 0 Å². The van der Waals surface area contributed by atoms with Gasteiger partial charge in [-0.3, -0.25) is 4.79 Å². The molecule has 0 aliphatic carbocycles. The summed E-state index contributed by atoms with van der Waals surface area (Å²) in [7, 11) is 0. The first-order valence-corrected chi connectivity index (χ1v) is 6.29. The Labute approximate surface area is 107 Å². The highest BCUT2D eigenvalue weighted by Crippen LogP contribution is 2.21. The minimum absolute atomic E-state index is 0.0686. The molecular formula is C13H18ClNO2. The van der Waals surface area contributed by atoms with Gasteiger partial charge < -0.3 is 10.0 Å². The number of benzene rings is 1. The molecule has 1 amide bonds. The van der Waals surface area contributed by atoms with E-state index < -0.39 is 0 Å². The van der Waals surface area contributed by atoms with Gasteiger partial charge in [0.25, 0.3) is 5.91 Å². The Morgan fingerprint density at radius 1 is 1.41 bits per heavy atom. The average Bonchev–Trinajstić information content (AvgIpc) is 2.31. The largest absolute Gasteiger partial charge is 0.508 e. The summed E-state index contributed by atoms with van der Waals surface area (Å²) in [6.07, 6.45) is 0.889. The lowest BCUT2D eigenvalue weighted by molar-refractivity contribution is 0.0764. The van der Waals surface area contributed by atoms with Crippen molar-refractivity contribution in [2.24, 2.45) is 0 Å². The van der Waals surface area contributed by atoms with Gasteiger partial charge in [0.15, 0.2) is 0 Å². The van der Waals surface area contributed by atoms with E-state index >= 15 is 0 Å². The molecule has 3 nitrogen and oxygen atoms in total. The van der Waals surface area contributed by atoms with Crippen molar-refractivity contribution in [3.05, 3.63) is 29.3 Å². The van der Waals surface area contributed by atoms with Gasteiger partial charge in [-0.05, 0) is 25.5 Å². The molecule has 1 rings (SSSR count). The molecule has 1 aromatic carbocycles. The number of rotatable bonds is 5. The maximum absolute atomic E-state index is 12.3. The van der Waals surface area contributed by atoms with Crippen LogP contribution in [0.5, 0.6) is 5.75 Å². The molecular weight excluding hydrogens is 238 g/mol.